The summed E-state index contributed by atoms with van der Waals surface area (Å²) in [7, 11) is 5.48. The van der Waals surface area contributed by atoms with E-state index in [0.29, 0.717) is 13.2 Å². The first-order valence-electron chi connectivity index (χ1n) is 6.72. The molecule has 0 aliphatic carbocycles. The molecule has 1 rings (SSSR count). The van der Waals surface area contributed by atoms with Crippen LogP contribution in [0.1, 0.15) is 11.5 Å². The molecule has 0 unspecified atom stereocenters. The van der Waals surface area contributed by atoms with E-state index in [4.69, 9.17) is 14.0 Å². The van der Waals surface area contributed by atoms with E-state index in [0.717, 1.165) is 24.3 Å². The van der Waals surface area contributed by atoms with Gasteiger partial charge in [-0.05, 0) is 26.2 Å². The second kappa shape index (κ2) is 9.77. The molecule has 9 heteroatoms. The zero-order chi connectivity index (χ0) is 16.4. The van der Waals surface area contributed by atoms with Gasteiger partial charge in [0.05, 0.1) is 24.7 Å². The van der Waals surface area contributed by atoms with Gasteiger partial charge in [-0.3, -0.25) is 15.0 Å². The van der Waals surface area contributed by atoms with Crippen LogP contribution < -0.4 is 10.8 Å². The van der Waals surface area contributed by atoms with Gasteiger partial charge in [0.25, 0.3) is 6.20 Å². The van der Waals surface area contributed by atoms with Gasteiger partial charge in [0.2, 0.25) is 0 Å². The maximum absolute atomic E-state index is 10.3. The number of nitrogens with one attached hydrogen (secondary N) is 2. The zero-order valence-corrected chi connectivity index (χ0v) is 13.0. The molecule has 124 valence electrons. The van der Waals surface area contributed by atoms with Crippen molar-refractivity contribution in [3.05, 3.63) is 45.8 Å². The first-order chi connectivity index (χ1) is 10.5. The lowest BCUT2D eigenvalue weighted by Crippen LogP contribution is -2.26. The first-order valence-corrected chi connectivity index (χ1v) is 6.72. The lowest BCUT2D eigenvalue weighted by atomic mass is 10.4. The van der Waals surface area contributed by atoms with Crippen LogP contribution in [0.3, 0.4) is 0 Å². The molecule has 0 radical (unpaired) electrons. The molecule has 1 aromatic heterocycles. The first kappa shape index (κ1) is 18.0. The zero-order valence-electron chi connectivity index (χ0n) is 13.0. The van der Waals surface area contributed by atoms with Crippen molar-refractivity contribution in [2.75, 3.05) is 34.4 Å². The van der Waals surface area contributed by atoms with Crippen LogP contribution in [-0.4, -0.2) is 44.2 Å². The van der Waals surface area contributed by atoms with E-state index >= 15 is 0 Å². The normalized spacial score (nSPS) is 11.7. The van der Waals surface area contributed by atoms with Crippen molar-refractivity contribution < 1.29 is 18.9 Å². The van der Waals surface area contributed by atoms with Crippen LogP contribution in [0.25, 0.3) is 0 Å². The van der Waals surface area contributed by atoms with Crippen molar-refractivity contribution in [3.8, 4) is 0 Å². The molecule has 22 heavy (non-hydrogen) atoms. The molecular weight excluding hydrogens is 292 g/mol. The van der Waals surface area contributed by atoms with Crippen molar-refractivity contribution in [1.29, 1.82) is 0 Å². The third-order valence-corrected chi connectivity index (χ3v) is 2.45. The number of hydrogen-bond donors (Lipinski definition) is 2. The van der Waals surface area contributed by atoms with Gasteiger partial charge in [0.1, 0.15) is 18.1 Å². The molecule has 0 aliphatic rings. The average molecular weight is 314 g/mol. The minimum absolute atomic E-state index is 0.157. The number of hydroxylamine groups is 1. The van der Waals surface area contributed by atoms with Gasteiger partial charge in [0.15, 0.2) is 5.82 Å². The van der Waals surface area contributed by atoms with E-state index < -0.39 is 4.92 Å². The summed E-state index contributed by atoms with van der Waals surface area (Å²) in [4.78, 5) is 16.8. The fourth-order valence-corrected chi connectivity index (χ4v) is 1.55. The lowest BCUT2D eigenvalue weighted by Gasteiger charge is -2.08. The Morgan fingerprint density at radius 2 is 2.14 bits per heavy atom. The van der Waals surface area contributed by atoms with E-state index in [1.165, 1.54) is 0 Å². The van der Waals surface area contributed by atoms with Crippen molar-refractivity contribution in [2.45, 2.75) is 13.2 Å². The van der Waals surface area contributed by atoms with Crippen LogP contribution in [0.15, 0.2) is 28.6 Å². The van der Waals surface area contributed by atoms with E-state index in [2.05, 4.69) is 10.8 Å². The quantitative estimate of drug-likeness (QED) is 0.349. The summed E-state index contributed by atoms with van der Waals surface area (Å²) >= 11 is 0. The highest BCUT2D eigenvalue weighted by Gasteiger charge is 2.04. The predicted octanol–water partition coefficient (Wildman–Crippen LogP) is 0.674. The summed E-state index contributed by atoms with van der Waals surface area (Å²) in [5, 5.41) is 12.9. The highest BCUT2D eigenvalue weighted by atomic mass is 16.7. The smallest absolute Gasteiger partial charge is 0.276 e. The number of rotatable bonds is 11. The Morgan fingerprint density at radius 3 is 2.77 bits per heavy atom. The average Bonchev–Trinajstić information content (AvgIpc) is 2.87. The number of hydrogen-bond acceptors (Lipinski definition) is 8. The van der Waals surface area contributed by atoms with E-state index in [9.17, 15) is 10.1 Å². The minimum Gasteiger partial charge on any atom is -0.462 e. The van der Waals surface area contributed by atoms with Crippen LogP contribution in [0.5, 0.6) is 0 Å². The molecule has 0 spiro atoms. The van der Waals surface area contributed by atoms with Gasteiger partial charge in [0, 0.05) is 7.05 Å². The molecule has 0 amide bonds. The van der Waals surface area contributed by atoms with Crippen LogP contribution in [0, 0.1) is 10.1 Å². The van der Waals surface area contributed by atoms with Gasteiger partial charge in [-0.2, -0.15) is 0 Å². The van der Waals surface area contributed by atoms with E-state index in [-0.39, 0.29) is 12.4 Å². The fourth-order valence-electron chi connectivity index (χ4n) is 1.55. The predicted molar refractivity (Wildman–Crippen MR) is 79.0 cm³/mol. The minimum atomic E-state index is -0.582. The van der Waals surface area contributed by atoms with E-state index in [1.54, 1.807) is 7.05 Å². The summed E-state index contributed by atoms with van der Waals surface area (Å²) < 4.78 is 11.0. The van der Waals surface area contributed by atoms with Crippen molar-refractivity contribution >= 4 is 0 Å². The molecule has 0 bridgehead atoms. The molecule has 0 aromatic carbocycles. The third-order valence-electron chi connectivity index (χ3n) is 2.45. The van der Waals surface area contributed by atoms with Crippen LogP contribution in [0.4, 0.5) is 0 Å². The highest BCUT2D eigenvalue weighted by molar-refractivity contribution is 5.06. The van der Waals surface area contributed by atoms with Crippen molar-refractivity contribution in [3.63, 3.8) is 0 Å². The van der Waals surface area contributed by atoms with Crippen molar-refractivity contribution in [2.24, 2.45) is 0 Å². The molecular formula is C13H22N4O5. The van der Waals surface area contributed by atoms with Gasteiger partial charge in [-0.1, -0.05) is 0 Å². The third kappa shape index (κ3) is 7.62. The largest absolute Gasteiger partial charge is 0.462 e. The van der Waals surface area contributed by atoms with Gasteiger partial charge in [-0.15, -0.1) is 0 Å². The Kier molecular flexibility index (Phi) is 7.97. The SMILES string of the molecule is CN/C(=C\[N+](=O)[O-])NOCCOCc1ccc(CN(C)C)o1. The summed E-state index contributed by atoms with van der Waals surface area (Å²) in [5.74, 6) is 1.78. The number of furan rings is 1. The number of nitrogens with zero attached hydrogens (tertiary/aromatic N) is 2. The Labute approximate surface area is 129 Å². The Morgan fingerprint density at radius 1 is 1.41 bits per heavy atom. The molecule has 9 nitrogen and oxygen atoms in total. The monoisotopic (exact) mass is 314 g/mol. The van der Waals surface area contributed by atoms with Crippen LogP contribution >= 0.6 is 0 Å². The number of nitro groups is 1. The number of ether oxygens (including phenoxy) is 1. The maximum Gasteiger partial charge on any atom is 0.276 e. The summed E-state index contributed by atoms with van der Waals surface area (Å²) in [5.41, 5.74) is 2.42. The van der Waals surface area contributed by atoms with Crippen molar-refractivity contribution in [1.82, 2.24) is 15.7 Å². The Balaban J connectivity index is 2.15. The molecule has 0 saturated carbocycles. The lowest BCUT2D eigenvalue weighted by molar-refractivity contribution is -0.404. The second-order valence-electron chi connectivity index (χ2n) is 4.69. The van der Waals surface area contributed by atoms with Gasteiger partial charge >= 0.3 is 0 Å². The fraction of sp³-hybridized carbons (Fsp3) is 0.538. The summed E-state index contributed by atoms with van der Waals surface area (Å²) in [6, 6.07) is 3.79. The molecule has 1 aromatic rings. The molecule has 0 atom stereocenters. The second-order valence-corrected chi connectivity index (χ2v) is 4.69. The standard InChI is InChI=1S/C13H22N4O5/c1-14-13(9-17(18)19)15-21-7-6-20-10-12-5-4-11(22-12)8-16(2)3/h4-5,9,14-15H,6-8,10H2,1-3H3/b13-9+. The summed E-state index contributed by atoms with van der Waals surface area (Å²) in [6.45, 7) is 1.65. The van der Waals surface area contributed by atoms with Crippen LogP contribution in [-0.2, 0) is 22.7 Å². The Bertz CT molecular complexity index is 487. The maximum atomic E-state index is 10.3. The molecule has 0 aliphatic heterocycles. The van der Waals surface area contributed by atoms with Gasteiger partial charge < -0.3 is 19.4 Å². The Hall–Kier alpha value is -2.10. The highest BCUT2D eigenvalue weighted by Crippen LogP contribution is 2.10. The van der Waals surface area contributed by atoms with E-state index in [1.807, 2.05) is 31.1 Å². The topological polar surface area (TPSA) is 102 Å². The molecule has 0 fully saturated rings. The van der Waals surface area contributed by atoms with Gasteiger partial charge in [-0.25, -0.2) is 5.48 Å². The summed E-state index contributed by atoms with van der Waals surface area (Å²) in [6.07, 6.45) is 0.774. The molecule has 1 heterocycles. The molecule has 2 N–H and O–H groups in total. The van der Waals surface area contributed by atoms with Crippen LogP contribution in [0.2, 0.25) is 0 Å². The molecule has 0 saturated heterocycles.